The van der Waals surface area contributed by atoms with E-state index in [-0.39, 0.29) is 6.16 Å². The van der Waals surface area contributed by atoms with E-state index in [1.165, 1.54) is 0 Å². The molecule has 0 spiro atoms. The minimum atomic E-state index is -3.18. The molecule has 0 aliphatic heterocycles. The molecule has 1 atom stereocenters. The van der Waals surface area contributed by atoms with Crippen LogP contribution in [0.15, 0.2) is 24.5 Å². The Morgan fingerprint density at radius 3 is 2.30 bits per heavy atom. The van der Waals surface area contributed by atoms with E-state index < -0.39 is 12.9 Å². The maximum Gasteiger partial charge on any atom is 0.264 e. The molecule has 0 amide bonds. The van der Waals surface area contributed by atoms with Gasteiger partial charge in [0, 0.05) is 25.6 Å². The number of rotatable bonds is 9. The average molecular weight is 301 g/mol. The predicted octanol–water partition coefficient (Wildman–Crippen LogP) is 3.64. The smallest absolute Gasteiger partial charge is 0.264 e. The van der Waals surface area contributed by atoms with Gasteiger partial charge in [0.05, 0.1) is 12.8 Å². The summed E-state index contributed by atoms with van der Waals surface area (Å²) in [5, 5.41) is 0. The Morgan fingerprint density at radius 2 is 1.85 bits per heavy atom. The lowest BCUT2D eigenvalue weighted by atomic mass is 10.3. The number of aromatic nitrogens is 1. The largest absolute Gasteiger partial charge is 0.342 e. The quantitative estimate of drug-likeness (QED) is 0.515. The van der Waals surface area contributed by atoms with Crippen molar-refractivity contribution in [3.05, 3.63) is 30.1 Å². The molecule has 0 saturated carbocycles. The van der Waals surface area contributed by atoms with Crippen molar-refractivity contribution in [3.63, 3.8) is 0 Å². The molecule has 1 unspecified atom stereocenters. The summed E-state index contributed by atoms with van der Waals surface area (Å²) in [7, 11) is -3.18. The Balaban J connectivity index is 3.07. The Hall–Kier alpha value is -0.740. The zero-order valence-corrected chi connectivity index (χ0v) is 13.6. The molecule has 0 bridgehead atoms. The summed E-state index contributed by atoms with van der Waals surface area (Å²) in [4.78, 5) is 4.04. The molecular weight excluding hydrogens is 277 g/mol. The van der Waals surface area contributed by atoms with E-state index in [4.69, 9.17) is 14.0 Å². The Kier molecular flexibility index (Phi) is 6.83. The van der Waals surface area contributed by atoms with Crippen LogP contribution in [0.5, 0.6) is 0 Å². The molecule has 0 N–H and O–H groups in total. The first-order valence-electron chi connectivity index (χ1n) is 6.91. The van der Waals surface area contributed by atoms with Gasteiger partial charge >= 0.3 is 0 Å². The highest BCUT2D eigenvalue weighted by Crippen LogP contribution is 2.62. The van der Waals surface area contributed by atoms with Crippen LogP contribution in [0.4, 0.5) is 0 Å². The summed E-state index contributed by atoms with van der Waals surface area (Å²) in [5.74, 6) is 0. The average Bonchev–Trinajstić information content (AvgIpc) is 2.40. The van der Waals surface area contributed by atoms with E-state index >= 15 is 0 Å². The minimum absolute atomic E-state index is 0.241. The van der Waals surface area contributed by atoms with E-state index in [0.29, 0.717) is 19.8 Å². The van der Waals surface area contributed by atoms with Gasteiger partial charge in [-0.15, -0.1) is 0 Å². The fourth-order valence-electron chi connectivity index (χ4n) is 2.02. The molecule has 0 radical (unpaired) electrons. The second-order valence-corrected chi connectivity index (χ2v) is 7.11. The molecule has 5 nitrogen and oxygen atoms in total. The van der Waals surface area contributed by atoms with Crippen molar-refractivity contribution in [1.82, 2.24) is 4.98 Å². The monoisotopic (exact) mass is 301 g/mol. The molecule has 1 aromatic heterocycles. The third-order valence-electron chi connectivity index (χ3n) is 2.89. The Morgan fingerprint density at radius 1 is 1.20 bits per heavy atom. The van der Waals surface area contributed by atoms with Crippen molar-refractivity contribution in [1.29, 1.82) is 0 Å². The van der Waals surface area contributed by atoms with Crippen molar-refractivity contribution in [2.24, 2.45) is 0 Å². The number of nitrogens with zero attached hydrogens (tertiary/aromatic N) is 1. The number of ether oxygens (including phenoxy) is 2. The molecule has 0 aromatic carbocycles. The minimum Gasteiger partial charge on any atom is -0.342 e. The van der Waals surface area contributed by atoms with E-state index in [0.717, 1.165) is 5.56 Å². The van der Waals surface area contributed by atoms with Gasteiger partial charge < -0.3 is 14.0 Å². The summed E-state index contributed by atoms with van der Waals surface area (Å²) in [6.07, 6.45) is 3.61. The maximum absolute atomic E-state index is 13.3. The van der Waals surface area contributed by atoms with Crippen LogP contribution in [0.2, 0.25) is 0 Å². The van der Waals surface area contributed by atoms with Crippen LogP contribution in [0.1, 0.15) is 33.3 Å². The molecule has 114 valence electrons. The second kappa shape index (κ2) is 7.89. The molecule has 1 heterocycles. The number of pyridine rings is 1. The molecule has 0 saturated heterocycles. The highest BCUT2D eigenvalue weighted by molar-refractivity contribution is 7.59. The van der Waals surface area contributed by atoms with Crippen molar-refractivity contribution in [2.45, 2.75) is 39.4 Å². The summed E-state index contributed by atoms with van der Waals surface area (Å²) < 4.78 is 30.1. The van der Waals surface area contributed by atoms with Gasteiger partial charge in [-0.05, 0) is 39.3 Å². The van der Waals surface area contributed by atoms with Crippen molar-refractivity contribution < 1.29 is 18.6 Å². The normalized spacial score (nSPS) is 15.0. The first-order chi connectivity index (χ1) is 9.51. The Labute approximate surface area is 121 Å². The highest BCUT2D eigenvalue weighted by Gasteiger charge is 2.47. The lowest BCUT2D eigenvalue weighted by molar-refractivity contribution is -0.168. The van der Waals surface area contributed by atoms with Crippen molar-refractivity contribution in [2.75, 3.05) is 19.8 Å². The third kappa shape index (κ3) is 4.13. The molecule has 20 heavy (non-hydrogen) atoms. The van der Waals surface area contributed by atoms with E-state index in [2.05, 4.69) is 4.98 Å². The lowest BCUT2D eigenvalue weighted by Crippen LogP contribution is -2.34. The fourth-order valence-corrected chi connectivity index (χ4v) is 4.37. The SMILES string of the molecule is CCOC(C)(OCC)P(=O)(Cc1cccnc1)OCC. The molecular formula is C14H24NO4P. The molecule has 0 fully saturated rings. The van der Waals surface area contributed by atoms with Crippen LogP contribution in [0.3, 0.4) is 0 Å². The van der Waals surface area contributed by atoms with E-state index in [9.17, 15) is 4.57 Å². The standard InChI is InChI=1S/C14H24NO4P/c1-5-17-14(4,18-6-2)20(16,19-7-3)12-13-9-8-10-15-11-13/h8-11H,5-7,12H2,1-4H3. The van der Waals surface area contributed by atoms with Crippen molar-refractivity contribution in [3.8, 4) is 0 Å². The van der Waals surface area contributed by atoms with Gasteiger partial charge in [0.1, 0.15) is 0 Å². The van der Waals surface area contributed by atoms with E-state index in [1.54, 1.807) is 19.3 Å². The van der Waals surface area contributed by atoms with Crippen LogP contribution in [0, 0.1) is 0 Å². The topological polar surface area (TPSA) is 57.7 Å². The van der Waals surface area contributed by atoms with Gasteiger partial charge in [0.25, 0.3) is 7.37 Å². The molecule has 6 heteroatoms. The van der Waals surface area contributed by atoms with Crippen LogP contribution in [-0.4, -0.2) is 30.3 Å². The molecule has 0 aliphatic rings. The summed E-state index contributed by atoms with van der Waals surface area (Å²) in [5.41, 5.74) is -0.391. The predicted molar refractivity (Wildman–Crippen MR) is 78.8 cm³/mol. The van der Waals surface area contributed by atoms with E-state index in [1.807, 2.05) is 32.9 Å². The van der Waals surface area contributed by atoms with Crippen LogP contribution >= 0.6 is 7.37 Å². The first-order valence-corrected chi connectivity index (χ1v) is 8.72. The van der Waals surface area contributed by atoms with Gasteiger partial charge in [-0.1, -0.05) is 6.07 Å². The summed E-state index contributed by atoms with van der Waals surface area (Å²) in [6.45, 7) is 8.34. The van der Waals surface area contributed by atoms with Gasteiger partial charge in [-0.3, -0.25) is 9.55 Å². The molecule has 1 aromatic rings. The van der Waals surface area contributed by atoms with Gasteiger partial charge in [0.15, 0.2) is 0 Å². The molecule has 0 aliphatic carbocycles. The number of hydrogen-bond donors (Lipinski definition) is 0. The second-order valence-electron chi connectivity index (χ2n) is 4.37. The van der Waals surface area contributed by atoms with Crippen LogP contribution < -0.4 is 0 Å². The number of hydrogen-bond acceptors (Lipinski definition) is 5. The summed E-state index contributed by atoms with van der Waals surface area (Å²) >= 11 is 0. The maximum atomic E-state index is 13.3. The fraction of sp³-hybridized carbons (Fsp3) is 0.643. The zero-order chi connectivity index (χ0) is 15.1. The summed E-state index contributed by atoms with van der Waals surface area (Å²) in [6, 6.07) is 3.68. The van der Waals surface area contributed by atoms with Crippen LogP contribution in [-0.2, 0) is 24.7 Å². The van der Waals surface area contributed by atoms with Gasteiger partial charge in [0.2, 0.25) is 5.53 Å². The highest BCUT2D eigenvalue weighted by atomic mass is 31.2. The van der Waals surface area contributed by atoms with Crippen LogP contribution in [0.25, 0.3) is 0 Å². The zero-order valence-electron chi connectivity index (χ0n) is 12.7. The third-order valence-corrected chi connectivity index (χ3v) is 5.85. The molecule has 1 rings (SSSR count). The van der Waals surface area contributed by atoms with Gasteiger partial charge in [-0.2, -0.15) is 0 Å². The lowest BCUT2D eigenvalue weighted by Gasteiger charge is -2.36. The van der Waals surface area contributed by atoms with Gasteiger partial charge in [-0.25, -0.2) is 0 Å². The Bertz CT molecular complexity index is 432. The first kappa shape index (κ1) is 17.3. The van der Waals surface area contributed by atoms with Crippen molar-refractivity contribution >= 4 is 7.37 Å².